The molecule has 124 valence electrons. The highest BCUT2D eigenvalue weighted by atomic mass is 32.2. The third kappa shape index (κ3) is 4.10. The van der Waals surface area contributed by atoms with E-state index in [2.05, 4.69) is 9.71 Å². The van der Waals surface area contributed by atoms with Crippen molar-refractivity contribution in [2.24, 2.45) is 5.92 Å². The van der Waals surface area contributed by atoms with Crippen LogP contribution >= 0.6 is 0 Å². The zero-order chi connectivity index (χ0) is 16.4. The molecule has 9 heteroatoms. The molecule has 0 unspecified atom stereocenters. The lowest BCUT2D eigenvalue weighted by atomic mass is 9.98. The van der Waals surface area contributed by atoms with Crippen LogP contribution in [0.1, 0.15) is 25.5 Å². The van der Waals surface area contributed by atoms with E-state index in [1.54, 1.807) is 12.1 Å². The van der Waals surface area contributed by atoms with Gasteiger partial charge >= 0.3 is 16.4 Å². The summed E-state index contributed by atoms with van der Waals surface area (Å²) < 4.78 is 65.6. The molecule has 0 bridgehead atoms. The summed E-state index contributed by atoms with van der Waals surface area (Å²) in [6, 6.07) is 4.96. The molecule has 1 aromatic heterocycles. The summed E-state index contributed by atoms with van der Waals surface area (Å²) in [5.41, 5.74) is 0.732. The van der Waals surface area contributed by atoms with Crippen LogP contribution in [-0.2, 0) is 16.6 Å². The number of piperidine rings is 1. The van der Waals surface area contributed by atoms with E-state index in [4.69, 9.17) is 0 Å². The van der Waals surface area contributed by atoms with Gasteiger partial charge in [-0.15, -0.1) is 0 Å². The number of nitrogens with zero attached hydrogens (tertiary/aromatic N) is 2. The van der Waals surface area contributed by atoms with Gasteiger partial charge in [-0.2, -0.15) is 25.9 Å². The number of rotatable bonds is 4. The number of aryl methyl sites for hydroxylation is 1. The first-order chi connectivity index (χ1) is 10.2. The van der Waals surface area contributed by atoms with E-state index in [1.807, 2.05) is 6.92 Å². The summed E-state index contributed by atoms with van der Waals surface area (Å²) in [4.78, 5) is 4.13. The zero-order valence-electron chi connectivity index (χ0n) is 12.1. The first-order valence-electron chi connectivity index (χ1n) is 7.03. The van der Waals surface area contributed by atoms with Gasteiger partial charge in [-0.05, 0) is 31.4 Å². The minimum atomic E-state index is -4.26. The van der Waals surface area contributed by atoms with Crippen molar-refractivity contribution in [3.63, 3.8) is 0 Å². The van der Waals surface area contributed by atoms with E-state index in [0.29, 0.717) is 6.42 Å². The van der Waals surface area contributed by atoms with Gasteiger partial charge in [0.05, 0.1) is 5.92 Å². The molecule has 2 rings (SSSR count). The van der Waals surface area contributed by atoms with Crippen molar-refractivity contribution in [3.8, 4) is 0 Å². The Labute approximate surface area is 127 Å². The molecule has 0 atom stereocenters. The van der Waals surface area contributed by atoms with Gasteiger partial charge in [0.15, 0.2) is 0 Å². The lowest BCUT2D eigenvalue weighted by Gasteiger charge is -2.32. The van der Waals surface area contributed by atoms with Crippen LogP contribution < -0.4 is 4.72 Å². The number of pyridine rings is 1. The molecule has 0 amide bonds. The summed E-state index contributed by atoms with van der Waals surface area (Å²) in [7, 11) is -3.88. The van der Waals surface area contributed by atoms with Crippen LogP contribution in [0.15, 0.2) is 18.2 Å². The minimum absolute atomic E-state index is 0.146. The molecule has 5 nitrogen and oxygen atoms in total. The van der Waals surface area contributed by atoms with Gasteiger partial charge in [-0.3, -0.25) is 4.72 Å². The normalized spacial score (nSPS) is 18.4. The van der Waals surface area contributed by atoms with E-state index in [1.165, 1.54) is 6.07 Å². The summed E-state index contributed by atoms with van der Waals surface area (Å²) >= 11 is 0. The van der Waals surface area contributed by atoms with Crippen molar-refractivity contribution in [1.29, 1.82) is 0 Å². The molecule has 1 fully saturated rings. The molecule has 1 saturated heterocycles. The Balaban J connectivity index is 2.02. The van der Waals surface area contributed by atoms with Crippen LogP contribution in [0.2, 0.25) is 0 Å². The predicted molar refractivity (Wildman–Crippen MR) is 76.5 cm³/mol. The maximum Gasteiger partial charge on any atom is 0.391 e. The van der Waals surface area contributed by atoms with Crippen LogP contribution in [0.4, 0.5) is 19.0 Å². The predicted octanol–water partition coefficient (Wildman–Crippen LogP) is 2.58. The number of anilines is 1. The smallest absolute Gasteiger partial charge is 0.254 e. The fraction of sp³-hybridized carbons (Fsp3) is 0.615. The molecule has 1 aromatic rings. The van der Waals surface area contributed by atoms with E-state index in [9.17, 15) is 21.6 Å². The van der Waals surface area contributed by atoms with Gasteiger partial charge in [0, 0.05) is 18.8 Å². The van der Waals surface area contributed by atoms with Crippen molar-refractivity contribution in [1.82, 2.24) is 9.29 Å². The van der Waals surface area contributed by atoms with Crippen molar-refractivity contribution in [2.75, 3.05) is 17.8 Å². The summed E-state index contributed by atoms with van der Waals surface area (Å²) in [6.45, 7) is 1.60. The van der Waals surface area contributed by atoms with Crippen LogP contribution in [-0.4, -0.2) is 37.0 Å². The van der Waals surface area contributed by atoms with Gasteiger partial charge in [-0.25, -0.2) is 4.98 Å². The van der Waals surface area contributed by atoms with Crippen molar-refractivity contribution >= 4 is 16.0 Å². The van der Waals surface area contributed by atoms with Crippen molar-refractivity contribution < 1.29 is 21.6 Å². The lowest BCUT2D eigenvalue weighted by molar-refractivity contribution is -0.182. The molecule has 0 radical (unpaired) electrons. The standard InChI is InChI=1S/C13H18F3N3O2S/c1-2-11-4-3-5-12(17-11)18-22(20,21)19-8-6-10(7-9-19)13(14,15)16/h3-5,10H,2,6-9H2,1H3,(H,17,18). The maximum absolute atomic E-state index is 12.6. The molecule has 0 aliphatic carbocycles. The molecule has 0 aromatic carbocycles. The molecule has 0 saturated carbocycles. The molecule has 0 spiro atoms. The fourth-order valence-electron chi connectivity index (χ4n) is 2.35. The van der Waals surface area contributed by atoms with Crippen LogP contribution in [0, 0.1) is 5.92 Å². The minimum Gasteiger partial charge on any atom is -0.254 e. The first kappa shape index (κ1) is 17.0. The zero-order valence-corrected chi connectivity index (χ0v) is 12.9. The van der Waals surface area contributed by atoms with Crippen LogP contribution in [0.5, 0.6) is 0 Å². The Bertz CT molecular complexity index is 611. The second-order valence-electron chi connectivity index (χ2n) is 5.19. The van der Waals surface area contributed by atoms with Crippen LogP contribution in [0.25, 0.3) is 0 Å². The monoisotopic (exact) mass is 337 g/mol. The Hall–Kier alpha value is -1.35. The summed E-state index contributed by atoms with van der Waals surface area (Å²) in [5.74, 6) is -1.25. The molecular weight excluding hydrogens is 319 g/mol. The van der Waals surface area contributed by atoms with E-state index in [-0.39, 0.29) is 31.7 Å². The van der Waals surface area contributed by atoms with Gasteiger partial charge in [-0.1, -0.05) is 13.0 Å². The first-order valence-corrected chi connectivity index (χ1v) is 8.47. The second kappa shape index (κ2) is 6.41. The molecular formula is C13H18F3N3O2S. The average Bonchev–Trinajstić information content (AvgIpc) is 2.46. The lowest BCUT2D eigenvalue weighted by Crippen LogP contribution is -2.44. The average molecular weight is 337 g/mol. The topological polar surface area (TPSA) is 62.3 Å². The molecule has 1 N–H and O–H groups in total. The number of halogens is 3. The summed E-state index contributed by atoms with van der Waals surface area (Å²) in [5, 5.41) is 0. The van der Waals surface area contributed by atoms with Gasteiger partial charge in [0.1, 0.15) is 5.82 Å². The highest BCUT2D eigenvalue weighted by Gasteiger charge is 2.42. The number of alkyl halides is 3. The van der Waals surface area contributed by atoms with Crippen molar-refractivity contribution in [3.05, 3.63) is 23.9 Å². The third-order valence-electron chi connectivity index (χ3n) is 3.66. The van der Waals surface area contributed by atoms with Crippen LogP contribution in [0.3, 0.4) is 0 Å². The number of hydrogen-bond acceptors (Lipinski definition) is 3. The van der Waals surface area contributed by atoms with E-state index >= 15 is 0 Å². The highest BCUT2D eigenvalue weighted by Crippen LogP contribution is 2.34. The Kier molecular flexibility index (Phi) is 4.96. The molecule has 1 aliphatic rings. The Morgan fingerprint density at radius 2 is 1.95 bits per heavy atom. The summed E-state index contributed by atoms with van der Waals surface area (Å²) in [6.07, 6.45) is -4.04. The van der Waals surface area contributed by atoms with E-state index in [0.717, 1.165) is 10.00 Å². The Morgan fingerprint density at radius 3 is 2.50 bits per heavy atom. The number of nitrogens with one attached hydrogen (secondary N) is 1. The van der Waals surface area contributed by atoms with E-state index < -0.39 is 22.3 Å². The second-order valence-corrected chi connectivity index (χ2v) is 6.86. The van der Waals surface area contributed by atoms with Gasteiger partial charge in [0.25, 0.3) is 0 Å². The SMILES string of the molecule is CCc1cccc(NS(=O)(=O)N2CCC(C(F)(F)F)CC2)n1. The van der Waals surface area contributed by atoms with Gasteiger partial charge < -0.3 is 0 Å². The quantitative estimate of drug-likeness (QED) is 0.918. The fourth-order valence-corrected chi connectivity index (χ4v) is 3.55. The highest BCUT2D eigenvalue weighted by molar-refractivity contribution is 7.90. The molecule has 2 heterocycles. The largest absolute Gasteiger partial charge is 0.391 e. The Morgan fingerprint density at radius 1 is 1.32 bits per heavy atom. The number of aromatic nitrogens is 1. The van der Waals surface area contributed by atoms with Gasteiger partial charge in [0.2, 0.25) is 0 Å². The van der Waals surface area contributed by atoms with Crippen molar-refractivity contribution in [2.45, 2.75) is 32.4 Å². The number of hydrogen-bond donors (Lipinski definition) is 1. The maximum atomic E-state index is 12.6. The third-order valence-corrected chi connectivity index (χ3v) is 5.17. The molecule has 1 aliphatic heterocycles. The molecule has 22 heavy (non-hydrogen) atoms.